The van der Waals surface area contributed by atoms with Crippen molar-refractivity contribution in [1.82, 2.24) is 0 Å². The van der Waals surface area contributed by atoms with Crippen LogP contribution in [0.1, 0.15) is 12.8 Å². The maximum Gasteiger partial charge on any atom is 0.470 e. The van der Waals surface area contributed by atoms with Crippen LogP contribution in [0.4, 0.5) is 22.0 Å². The van der Waals surface area contributed by atoms with Gasteiger partial charge in [-0.2, -0.15) is 17.6 Å². The summed E-state index contributed by atoms with van der Waals surface area (Å²) in [4.78, 5) is 33.5. The van der Waals surface area contributed by atoms with E-state index in [2.05, 4.69) is 9.05 Å². The first-order valence-corrected chi connectivity index (χ1v) is 8.44. The molecule has 0 aromatic heterocycles. The monoisotopic (exact) mass is 382 g/mol. The van der Waals surface area contributed by atoms with Crippen molar-refractivity contribution in [3.8, 4) is 0 Å². The first-order valence-electron chi connectivity index (χ1n) is 5.38. The van der Waals surface area contributed by atoms with E-state index in [-0.39, 0.29) is 0 Å². The summed E-state index contributed by atoms with van der Waals surface area (Å²) >= 11 is 0. The third kappa shape index (κ3) is 7.42. The summed E-state index contributed by atoms with van der Waals surface area (Å²) in [5.74, 6) is -10.5. The van der Waals surface area contributed by atoms with Gasteiger partial charge in [0.05, 0.1) is 6.61 Å². The van der Waals surface area contributed by atoms with Crippen LogP contribution in [-0.2, 0) is 18.2 Å². The second-order valence-corrected chi connectivity index (χ2v) is 6.44. The van der Waals surface area contributed by atoms with Crippen molar-refractivity contribution in [1.29, 1.82) is 0 Å². The van der Waals surface area contributed by atoms with E-state index < -0.39 is 59.7 Å². The van der Waals surface area contributed by atoms with Gasteiger partial charge in [0.2, 0.25) is 0 Å². The maximum atomic E-state index is 13.4. The lowest BCUT2D eigenvalue weighted by molar-refractivity contribution is -0.255. The number of phosphoric acid groups is 2. The number of phosphoric ester groups is 2. The highest BCUT2D eigenvalue weighted by Crippen LogP contribution is 2.47. The number of alkyl halides is 5. The molecule has 22 heavy (non-hydrogen) atoms. The van der Waals surface area contributed by atoms with Crippen molar-refractivity contribution >= 4 is 15.6 Å². The fourth-order valence-electron chi connectivity index (χ4n) is 1.24. The zero-order valence-electron chi connectivity index (χ0n) is 10.6. The van der Waals surface area contributed by atoms with Crippen LogP contribution in [0.2, 0.25) is 0 Å². The molecule has 1 atom stereocenters. The normalized spacial score (nSPS) is 15.9. The predicted octanol–water partition coefficient (Wildman–Crippen LogP) is 1.59. The molecule has 0 fully saturated rings. The van der Waals surface area contributed by atoms with E-state index >= 15 is 0 Å². The number of hydrogen-bond acceptors (Lipinski definition) is 4. The zero-order valence-corrected chi connectivity index (χ0v) is 12.4. The Morgan fingerprint density at radius 3 is 1.86 bits per heavy atom. The maximum absolute atomic E-state index is 13.4. The van der Waals surface area contributed by atoms with Crippen molar-refractivity contribution in [3.05, 3.63) is 0 Å². The summed E-state index contributed by atoms with van der Waals surface area (Å²) < 4.78 is 92.7. The largest absolute Gasteiger partial charge is 0.470 e. The van der Waals surface area contributed by atoms with Crippen molar-refractivity contribution in [2.75, 3.05) is 13.3 Å². The molecule has 0 aromatic rings. The molecule has 4 N–H and O–H groups in total. The van der Waals surface area contributed by atoms with E-state index in [0.717, 1.165) is 0 Å². The summed E-state index contributed by atoms with van der Waals surface area (Å²) in [6.45, 7) is -3.69. The van der Waals surface area contributed by atoms with Gasteiger partial charge in [-0.3, -0.25) is 9.05 Å². The summed E-state index contributed by atoms with van der Waals surface area (Å²) in [7, 11) is -10.5. The molecule has 134 valence electrons. The molecule has 0 saturated carbocycles. The molecular weight excluding hydrogens is 369 g/mol. The molecule has 0 amide bonds. The highest BCUT2D eigenvalue weighted by Gasteiger charge is 2.62. The third-order valence-corrected chi connectivity index (χ3v) is 3.24. The average molecular weight is 382 g/mol. The molecule has 1 unspecified atom stereocenters. The Bertz CT molecular complexity index is 448. The predicted molar refractivity (Wildman–Crippen MR) is 60.0 cm³/mol. The van der Waals surface area contributed by atoms with Gasteiger partial charge in [-0.05, 0) is 12.8 Å². The van der Waals surface area contributed by atoms with E-state index in [1.165, 1.54) is 0 Å². The smallest absolute Gasteiger partial charge is 0.303 e. The van der Waals surface area contributed by atoms with Crippen LogP contribution in [0.5, 0.6) is 0 Å². The topological polar surface area (TPSA) is 134 Å². The van der Waals surface area contributed by atoms with E-state index in [0.29, 0.717) is 0 Å². The molecular formula is C7H13F5O8P2. The molecule has 0 aromatic carbocycles. The van der Waals surface area contributed by atoms with Gasteiger partial charge in [0.25, 0.3) is 0 Å². The quantitative estimate of drug-likeness (QED) is 0.254. The minimum atomic E-state index is -5.61. The van der Waals surface area contributed by atoms with Crippen molar-refractivity contribution in [2.45, 2.75) is 30.8 Å². The van der Waals surface area contributed by atoms with E-state index in [1.807, 2.05) is 0 Å². The first-order chi connectivity index (χ1) is 9.62. The van der Waals surface area contributed by atoms with Crippen molar-refractivity contribution in [2.24, 2.45) is 0 Å². The van der Waals surface area contributed by atoms with Gasteiger partial charge in [0.1, 0.15) is 6.10 Å². The number of hydrogen-bond donors (Lipinski definition) is 4. The molecule has 0 aliphatic rings. The van der Waals surface area contributed by atoms with Crippen LogP contribution in [0.25, 0.3) is 0 Å². The lowest BCUT2D eigenvalue weighted by Gasteiger charge is -2.31. The Morgan fingerprint density at radius 1 is 1.00 bits per heavy atom. The first kappa shape index (κ1) is 21.9. The SMILES string of the molecule is O=P(O)(O)OCCCC(OP(=O)(O)O)C(F)(F)C(F)(F)CF. The van der Waals surface area contributed by atoms with Crippen LogP contribution in [0.15, 0.2) is 0 Å². The molecule has 15 heteroatoms. The molecule has 0 spiro atoms. The standard InChI is InChI=1S/C7H13F5O8P2/c8-4-6(9,10)7(11,12)5(20-22(16,17)18)2-1-3-19-21(13,14)15/h5H,1-4H2,(H2,13,14,15)(H2,16,17,18). The Labute approximate surface area is 120 Å². The molecule has 0 bridgehead atoms. The molecule has 0 radical (unpaired) electrons. The van der Waals surface area contributed by atoms with Gasteiger partial charge < -0.3 is 19.6 Å². The summed E-state index contributed by atoms with van der Waals surface area (Å²) in [6, 6.07) is 0. The summed E-state index contributed by atoms with van der Waals surface area (Å²) in [5, 5.41) is 0. The van der Waals surface area contributed by atoms with Crippen LogP contribution in [-0.4, -0.2) is 50.8 Å². The number of rotatable bonds is 10. The Kier molecular flexibility index (Phi) is 7.58. The summed E-state index contributed by atoms with van der Waals surface area (Å²) in [6.07, 6.45) is -5.01. The second kappa shape index (κ2) is 7.63. The Hall–Kier alpha value is -0.130. The van der Waals surface area contributed by atoms with Gasteiger partial charge in [-0.15, -0.1) is 0 Å². The van der Waals surface area contributed by atoms with E-state index in [4.69, 9.17) is 19.6 Å². The van der Waals surface area contributed by atoms with Gasteiger partial charge in [-0.25, -0.2) is 13.5 Å². The molecule has 8 nitrogen and oxygen atoms in total. The minimum absolute atomic E-state index is 0.728. The van der Waals surface area contributed by atoms with Crippen LogP contribution in [0.3, 0.4) is 0 Å². The summed E-state index contributed by atoms with van der Waals surface area (Å²) in [5.41, 5.74) is 0. The fourth-order valence-corrected chi connectivity index (χ4v) is 2.18. The lowest BCUT2D eigenvalue weighted by Crippen LogP contribution is -2.51. The molecule has 0 aliphatic carbocycles. The Balaban J connectivity index is 4.99. The molecule has 0 rings (SSSR count). The Morgan fingerprint density at radius 2 is 1.50 bits per heavy atom. The van der Waals surface area contributed by atoms with Crippen molar-refractivity contribution in [3.63, 3.8) is 0 Å². The van der Waals surface area contributed by atoms with Gasteiger partial charge in [-0.1, -0.05) is 0 Å². The molecule has 0 saturated heterocycles. The lowest BCUT2D eigenvalue weighted by atomic mass is 10.0. The highest BCUT2D eigenvalue weighted by molar-refractivity contribution is 7.46. The van der Waals surface area contributed by atoms with E-state index in [9.17, 15) is 31.1 Å². The average Bonchev–Trinajstić information content (AvgIpc) is 2.30. The highest BCUT2D eigenvalue weighted by atomic mass is 31.2. The fraction of sp³-hybridized carbons (Fsp3) is 1.00. The molecule has 0 heterocycles. The van der Waals surface area contributed by atoms with Gasteiger partial charge in [0, 0.05) is 0 Å². The van der Waals surface area contributed by atoms with Crippen LogP contribution in [0, 0.1) is 0 Å². The molecule has 0 aliphatic heterocycles. The zero-order chi connectivity index (χ0) is 17.8. The minimum Gasteiger partial charge on any atom is -0.303 e. The number of halogens is 5. The van der Waals surface area contributed by atoms with Gasteiger partial charge in [0.15, 0.2) is 6.67 Å². The van der Waals surface area contributed by atoms with Crippen LogP contribution >= 0.6 is 15.6 Å². The van der Waals surface area contributed by atoms with E-state index in [1.54, 1.807) is 0 Å². The third-order valence-electron chi connectivity index (χ3n) is 2.19. The van der Waals surface area contributed by atoms with Crippen molar-refractivity contribution < 1.29 is 59.7 Å². The van der Waals surface area contributed by atoms with Crippen LogP contribution < -0.4 is 0 Å². The second-order valence-electron chi connectivity index (χ2n) is 4.01. The van der Waals surface area contributed by atoms with Gasteiger partial charge >= 0.3 is 27.5 Å².